The van der Waals surface area contributed by atoms with Gasteiger partial charge in [-0.25, -0.2) is 0 Å². The van der Waals surface area contributed by atoms with Crippen molar-refractivity contribution < 1.29 is 4.79 Å². The molecule has 1 heterocycles. The van der Waals surface area contributed by atoms with Gasteiger partial charge < -0.3 is 4.57 Å². The fourth-order valence-electron chi connectivity index (χ4n) is 3.28. The van der Waals surface area contributed by atoms with Gasteiger partial charge in [0, 0.05) is 28.0 Å². The van der Waals surface area contributed by atoms with Gasteiger partial charge in [-0.3, -0.25) is 9.69 Å². The molecule has 0 fully saturated rings. The van der Waals surface area contributed by atoms with Crippen molar-refractivity contribution in [2.45, 2.75) is 18.6 Å². The third kappa shape index (κ3) is 4.89. The quantitative estimate of drug-likeness (QED) is 0.289. The monoisotopic (exact) mass is 492 g/mol. The molecule has 1 amide bonds. The number of aromatic nitrogens is 3. The molecule has 0 saturated heterocycles. The lowest BCUT2D eigenvalue weighted by Gasteiger charge is -2.23. The predicted molar refractivity (Wildman–Crippen MR) is 130 cm³/mol. The van der Waals surface area contributed by atoms with Gasteiger partial charge in [0.05, 0.1) is 5.75 Å². The lowest BCUT2D eigenvalue weighted by Crippen LogP contribution is -2.27. The molecule has 0 unspecified atom stereocenters. The van der Waals surface area contributed by atoms with Crippen molar-refractivity contribution in [2.75, 3.05) is 10.7 Å². The number of thioether (sulfide) groups is 1. The average molecular weight is 493 g/mol. The summed E-state index contributed by atoms with van der Waals surface area (Å²) in [7, 11) is 0. The molecule has 0 aliphatic heterocycles. The van der Waals surface area contributed by atoms with Crippen molar-refractivity contribution >= 4 is 45.0 Å². The third-order valence-corrected chi connectivity index (χ3v) is 6.22. The van der Waals surface area contributed by atoms with E-state index in [1.54, 1.807) is 4.90 Å². The molecule has 7 heteroatoms. The number of halogens is 1. The van der Waals surface area contributed by atoms with Crippen molar-refractivity contribution in [2.24, 2.45) is 0 Å². The second-order valence-corrected chi connectivity index (χ2v) is 8.60. The molecule has 3 aromatic carbocycles. The van der Waals surface area contributed by atoms with Crippen LogP contribution in [0.3, 0.4) is 0 Å². The Kier molecular flexibility index (Phi) is 6.84. The molecule has 4 aromatic rings. The van der Waals surface area contributed by atoms with Crippen LogP contribution in [0.15, 0.2) is 94.6 Å². The molecule has 31 heavy (non-hydrogen) atoms. The second kappa shape index (κ2) is 9.94. The smallest absolute Gasteiger partial charge is 0.242 e. The van der Waals surface area contributed by atoms with E-state index < -0.39 is 0 Å². The molecule has 1 aromatic heterocycles. The Balaban J connectivity index is 1.56. The van der Waals surface area contributed by atoms with Crippen LogP contribution >= 0.6 is 27.7 Å². The number of benzene rings is 3. The van der Waals surface area contributed by atoms with Crippen LogP contribution in [0.4, 0.5) is 11.4 Å². The van der Waals surface area contributed by atoms with E-state index in [9.17, 15) is 4.79 Å². The summed E-state index contributed by atoms with van der Waals surface area (Å²) in [5, 5.41) is 9.47. The van der Waals surface area contributed by atoms with Crippen LogP contribution in [0.25, 0.3) is 11.4 Å². The van der Waals surface area contributed by atoms with Crippen LogP contribution in [0.5, 0.6) is 0 Å². The number of amides is 1. The average Bonchev–Trinajstić information content (AvgIpc) is 3.23. The van der Waals surface area contributed by atoms with Crippen LogP contribution in [-0.4, -0.2) is 26.4 Å². The first-order valence-electron chi connectivity index (χ1n) is 9.92. The van der Waals surface area contributed by atoms with Gasteiger partial charge >= 0.3 is 0 Å². The zero-order valence-electron chi connectivity index (χ0n) is 17.0. The van der Waals surface area contributed by atoms with Crippen molar-refractivity contribution in [3.05, 3.63) is 89.4 Å². The fourth-order valence-corrected chi connectivity index (χ4v) is 4.39. The second-order valence-electron chi connectivity index (χ2n) is 6.75. The standard InChI is InChI=1S/C24H21BrN4OS/c1-2-28-23(18-13-15-19(25)16-14-18)26-27-24(28)31-17-22(30)29(20-9-5-3-6-10-20)21-11-7-4-8-12-21/h3-16H,2,17H2,1H3. The lowest BCUT2D eigenvalue weighted by atomic mass is 10.2. The highest BCUT2D eigenvalue weighted by Crippen LogP contribution is 2.29. The van der Waals surface area contributed by atoms with Gasteiger partial charge in [0.25, 0.3) is 0 Å². The molecule has 0 saturated carbocycles. The van der Waals surface area contributed by atoms with Crippen LogP contribution in [-0.2, 0) is 11.3 Å². The Bertz CT molecular complexity index is 1110. The van der Waals surface area contributed by atoms with Gasteiger partial charge in [0.2, 0.25) is 5.91 Å². The number of anilines is 2. The van der Waals surface area contributed by atoms with Gasteiger partial charge in [-0.15, -0.1) is 10.2 Å². The SMILES string of the molecule is CCn1c(SCC(=O)N(c2ccccc2)c2ccccc2)nnc1-c1ccc(Br)cc1. The van der Waals surface area contributed by atoms with Crippen molar-refractivity contribution in [1.82, 2.24) is 14.8 Å². The van der Waals surface area contributed by atoms with Crippen molar-refractivity contribution in [3.63, 3.8) is 0 Å². The maximum Gasteiger partial charge on any atom is 0.242 e. The highest BCUT2D eigenvalue weighted by atomic mass is 79.9. The molecule has 5 nitrogen and oxygen atoms in total. The number of para-hydroxylation sites is 2. The largest absolute Gasteiger partial charge is 0.302 e. The highest BCUT2D eigenvalue weighted by Gasteiger charge is 2.20. The molecule has 0 atom stereocenters. The van der Waals surface area contributed by atoms with E-state index in [4.69, 9.17) is 0 Å². The van der Waals surface area contributed by atoms with Gasteiger partial charge in [-0.05, 0) is 43.3 Å². The van der Waals surface area contributed by atoms with Crippen molar-refractivity contribution in [3.8, 4) is 11.4 Å². The van der Waals surface area contributed by atoms with E-state index >= 15 is 0 Å². The zero-order chi connectivity index (χ0) is 21.6. The molecule has 156 valence electrons. The maximum absolute atomic E-state index is 13.3. The number of carbonyl (C=O) groups excluding carboxylic acids is 1. The minimum atomic E-state index is -0.0155. The summed E-state index contributed by atoms with van der Waals surface area (Å²) in [4.78, 5) is 15.0. The van der Waals surface area contributed by atoms with E-state index in [0.29, 0.717) is 0 Å². The van der Waals surface area contributed by atoms with E-state index in [2.05, 4.69) is 33.1 Å². The molecule has 0 N–H and O–H groups in total. The number of nitrogens with zero attached hydrogens (tertiary/aromatic N) is 4. The number of hydrogen-bond donors (Lipinski definition) is 0. The summed E-state index contributed by atoms with van der Waals surface area (Å²) >= 11 is 4.87. The summed E-state index contributed by atoms with van der Waals surface area (Å²) in [5.74, 6) is 1.04. The molecular weight excluding hydrogens is 472 g/mol. The van der Waals surface area contributed by atoms with Crippen molar-refractivity contribution in [1.29, 1.82) is 0 Å². The van der Waals surface area contributed by atoms with E-state index in [1.807, 2.05) is 89.5 Å². The Labute approximate surface area is 194 Å². The number of carbonyl (C=O) groups is 1. The van der Waals surface area contributed by atoms with Gasteiger partial charge in [-0.1, -0.05) is 76.2 Å². The summed E-state index contributed by atoms with van der Waals surface area (Å²) < 4.78 is 3.05. The number of rotatable bonds is 7. The zero-order valence-corrected chi connectivity index (χ0v) is 19.4. The molecule has 0 spiro atoms. The molecule has 4 rings (SSSR count). The van der Waals surface area contributed by atoms with Crippen LogP contribution in [0.1, 0.15) is 6.92 Å². The first-order chi connectivity index (χ1) is 15.2. The molecule has 0 aliphatic carbocycles. The van der Waals surface area contributed by atoms with Crippen LogP contribution < -0.4 is 4.90 Å². The topological polar surface area (TPSA) is 51.0 Å². The summed E-state index contributed by atoms with van der Waals surface area (Å²) in [6, 6.07) is 27.4. The highest BCUT2D eigenvalue weighted by molar-refractivity contribution is 9.10. The summed E-state index contributed by atoms with van der Waals surface area (Å²) in [6.07, 6.45) is 0. The Morgan fingerprint density at radius 1 is 0.903 bits per heavy atom. The third-order valence-electron chi connectivity index (χ3n) is 4.74. The molecule has 0 bridgehead atoms. The minimum absolute atomic E-state index is 0.0155. The Morgan fingerprint density at radius 3 is 2.03 bits per heavy atom. The first kappa shape index (κ1) is 21.3. The number of hydrogen-bond acceptors (Lipinski definition) is 4. The van der Waals surface area contributed by atoms with E-state index in [1.165, 1.54) is 11.8 Å². The molecular formula is C24H21BrN4OS. The van der Waals surface area contributed by atoms with E-state index in [-0.39, 0.29) is 11.7 Å². The predicted octanol–water partition coefficient (Wildman–Crippen LogP) is 6.18. The normalized spacial score (nSPS) is 10.8. The van der Waals surface area contributed by atoms with Gasteiger partial charge in [-0.2, -0.15) is 0 Å². The summed E-state index contributed by atoms with van der Waals surface area (Å²) in [5.41, 5.74) is 2.67. The Hall–Kier alpha value is -2.90. The fraction of sp³-hybridized carbons (Fsp3) is 0.125. The van der Waals surface area contributed by atoms with Crippen LogP contribution in [0, 0.1) is 0 Å². The minimum Gasteiger partial charge on any atom is -0.302 e. The van der Waals surface area contributed by atoms with E-state index in [0.717, 1.165) is 38.9 Å². The Morgan fingerprint density at radius 2 is 1.48 bits per heavy atom. The lowest BCUT2D eigenvalue weighted by molar-refractivity contribution is -0.115. The van der Waals surface area contributed by atoms with Gasteiger partial charge in [0.1, 0.15) is 0 Å². The molecule has 0 aliphatic rings. The maximum atomic E-state index is 13.3. The van der Waals surface area contributed by atoms with Crippen LogP contribution in [0.2, 0.25) is 0 Å². The molecule has 0 radical (unpaired) electrons. The first-order valence-corrected chi connectivity index (χ1v) is 11.7. The summed E-state index contributed by atoms with van der Waals surface area (Å²) in [6.45, 7) is 2.77. The van der Waals surface area contributed by atoms with Gasteiger partial charge in [0.15, 0.2) is 11.0 Å².